The van der Waals surface area contributed by atoms with E-state index in [0.717, 1.165) is 4.47 Å². The molecule has 0 aliphatic carbocycles. The summed E-state index contributed by atoms with van der Waals surface area (Å²) in [5.41, 5.74) is 0.694. The number of piperazine rings is 1. The number of carbonyl (C=O) groups excluding carboxylic acids is 1. The van der Waals surface area contributed by atoms with Crippen molar-refractivity contribution in [2.75, 3.05) is 25.4 Å². The van der Waals surface area contributed by atoms with Crippen LogP contribution in [0.25, 0.3) is 0 Å². The lowest BCUT2D eigenvalue weighted by atomic mass is 10.2. The average Bonchev–Trinajstić information content (AvgIpc) is 2.41. The second-order valence-electron chi connectivity index (χ2n) is 5.30. The summed E-state index contributed by atoms with van der Waals surface area (Å²) in [6, 6.07) is 7.13. The number of sulfone groups is 1. The maximum absolute atomic E-state index is 12.2. The first-order valence-corrected chi connectivity index (χ1v) is 9.44. The highest BCUT2D eigenvalue weighted by Gasteiger charge is 2.27. The van der Waals surface area contributed by atoms with Gasteiger partial charge in [-0.15, -0.1) is 0 Å². The monoisotopic (exact) mass is 374 g/mol. The second-order valence-corrected chi connectivity index (χ2v) is 8.28. The van der Waals surface area contributed by atoms with Gasteiger partial charge in [-0.3, -0.25) is 4.79 Å². The summed E-state index contributed by atoms with van der Waals surface area (Å²) in [6.45, 7) is 3.90. The number of carbonyl (C=O) groups is 1. The minimum Gasteiger partial charge on any atom is -0.337 e. The van der Waals surface area contributed by atoms with E-state index in [4.69, 9.17) is 0 Å². The predicted octanol–water partition coefficient (Wildman–Crippen LogP) is 1.18. The molecule has 2 rings (SSSR count). The lowest BCUT2D eigenvalue weighted by Crippen LogP contribution is -2.53. The molecule has 21 heavy (non-hydrogen) atoms. The molecule has 0 saturated carbocycles. The molecule has 1 atom stereocenters. The molecule has 1 aromatic rings. The number of hydrogen-bond acceptors (Lipinski definition) is 4. The van der Waals surface area contributed by atoms with E-state index in [1.807, 2.05) is 6.92 Å². The zero-order chi connectivity index (χ0) is 15.5. The fraction of sp³-hybridized carbons (Fsp3) is 0.500. The van der Waals surface area contributed by atoms with Crippen molar-refractivity contribution in [2.24, 2.45) is 0 Å². The van der Waals surface area contributed by atoms with Crippen LogP contribution in [0.4, 0.5) is 0 Å². The summed E-state index contributed by atoms with van der Waals surface area (Å²) >= 11 is 3.31. The van der Waals surface area contributed by atoms with Gasteiger partial charge in [-0.05, 0) is 24.6 Å². The summed E-state index contributed by atoms with van der Waals surface area (Å²) in [5.74, 6) is -0.832. The Morgan fingerprint density at radius 2 is 2.05 bits per heavy atom. The van der Waals surface area contributed by atoms with Crippen LogP contribution in [0.15, 0.2) is 28.7 Å². The van der Waals surface area contributed by atoms with Crippen LogP contribution in [0.2, 0.25) is 0 Å². The van der Waals surface area contributed by atoms with Crippen molar-refractivity contribution in [1.82, 2.24) is 10.2 Å². The summed E-state index contributed by atoms with van der Waals surface area (Å²) < 4.78 is 25.2. The fourth-order valence-corrected chi connectivity index (χ4v) is 3.98. The van der Waals surface area contributed by atoms with Gasteiger partial charge >= 0.3 is 0 Å². The summed E-state index contributed by atoms with van der Waals surface area (Å²) in [4.78, 5) is 13.8. The first kappa shape index (κ1) is 16.5. The number of amides is 1. The van der Waals surface area contributed by atoms with Crippen molar-refractivity contribution in [3.8, 4) is 0 Å². The van der Waals surface area contributed by atoms with E-state index in [1.54, 1.807) is 29.2 Å². The summed E-state index contributed by atoms with van der Waals surface area (Å²) in [5, 5.41) is 3.18. The van der Waals surface area contributed by atoms with Crippen LogP contribution < -0.4 is 5.32 Å². The van der Waals surface area contributed by atoms with Crippen LogP contribution in [0.5, 0.6) is 0 Å². The Kier molecular flexibility index (Phi) is 5.40. The first-order valence-electron chi connectivity index (χ1n) is 6.82. The van der Waals surface area contributed by atoms with E-state index in [1.165, 1.54) is 0 Å². The van der Waals surface area contributed by atoms with E-state index >= 15 is 0 Å². The predicted molar refractivity (Wildman–Crippen MR) is 85.7 cm³/mol. The molecule has 116 valence electrons. The molecule has 1 fully saturated rings. The van der Waals surface area contributed by atoms with Crippen LogP contribution in [-0.2, 0) is 20.4 Å². The molecule has 1 aliphatic rings. The normalized spacial score (nSPS) is 19.5. The molecule has 0 bridgehead atoms. The number of hydrogen-bond donors (Lipinski definition) is 1. The Hall–Kier alpha value is -0.920. The van der Waals surface area contributed by atoms with Crippen molar-refractivity contribution < 1.29 is 13.2 Å². The average molecular weight is 375 g/mol. The van der Waals surface area contributed by atoms with Crippen molar-refractivity contribution in [3.63, 3.8) is 0 Å². The van der Waals surface area contributed by atoms with Gasteiger partial charge in [-0.25, -0.2) is 8.42 Å². The molecule has 1 saturated heterocycles. The smallest absolute Gasteiger partial charge is 0.238 e. The highest BCUT2D eigenvalue weighted by molar-refractivity contribution is 9.10. The van der Waals surface area contributed by atoms with Crippen LogP contribution in [0.1, 0.15) is 12.5 Å². The van der Waals surface area contributed by atoms with Crippen molar-refractivity contribution in [2.45, 2.75) is 18.7 Å². The van der Waals surface area contributed by atoms with Gasteiger partial charge in [0, 0.05) is 30.1 Å². The quantitative estimate of drug-likeness (QED) is 0.859. The van der Waals surface area contributed by atoms with E-state index in [9.17, 15) is 13.2 Å². The maximum Gasteiger partial charge on any atom is 0.238 e. The molecular formula is C14H19BrN2O3S. The van der Waals surface area contributed by atoms with Crippen molar-refractivity contribution in [1.29, 1.82) is 0 Å². The number of rotatable bonds is 4. The largest absolute Gasteiger partial charge is 0.337 e. The SMILES string of the molecule is CC1CNCCN1C(=O)CS(=O)(=O)Cc1ccc(Br)cc1. The highest BCUT2D eigenvalue weighted by atomic mass is 79.9. The minimum absolute atomic E-state index is 0.0362. The molecule has 5 nitrogen and oxygen atoms in total. The molecule has 0 spiro atoms. The number of nitrogens with zero attached hydrogens (tertiary/aromatic N) is 1. The molecule has 1 amide bonds. The molecule has 1 N–H and O–H groups in total. The van der Waals surface area contributed by atoms with Gasteiger partial charge in [0.15, 0.2) is 9.84 Å². The lowest BCUT2D eigenvalue weighted by molar-refractivity contribution is -0.131. The molecule has 7 heteroatoms. The first-order chi connectivity index (χ1) is 9.87. The molecule has 0 aromatic heterocycles. The Balaban J connectivity index is 1.99. The zero-order valence-electron chi connectivity index (χ0n) is 11.9. The fourth-order valence-electron chi connectivity index (χ4n) is 2.37. The van der Waals surface area contributed by atoms with Crippen molar-refractivity contribution >= 4 is 31.7 Å². The van der Waals surface area contributed by atoms with Gasteiger partial charge < -0.3 is 10.2 Å². The van der Waals surface area contributed by atoms with Gasteiger partial charge in [0.1, 0.15) is 5.75 Å². The molecule has 1 heterocycles. The highest BCUT2D eigenvalue weighted by Crippen LogP contribution is 2.14. The van der Waals surface area contributed by atoms with Gasteiger partial charge in [0.25, 0.3) is 0 Å². The van der Waals surface area contributed by atoms with E-state index in [0.29, 0.717) is 25.2 Å². The maximum atomic E-state index is 12.2. The topological polar surface area (TPSA) is 66.5 Å². The summed E-state index contributed by atoms with van der Waals surface area (Å²) in [6.07, 6.45) is 0. The number of nitrogens with one attached hydrogen (secondary N) is 1. The minimum atomic E-state index is -3.45. The Morgan fingerprint density at radius 3 is 2.67 bits per heavy atom. The molecule has 1 aliphatic heterocycles. The van der Waals surface area contributed by atoms with E-state index in [2.05, 4.69) is 21.2 Å². The zero-order valence-corrected chi connectivity index (χ0v) is 14.3. The third-order valence-corrected chi connectivity index (χ3v) is 5.45. The lowest BCUT2D eigenvalue weighted by Gasteiger charge is -2.33. The van der Waals surface area contributed by atoms with Crippen LogP contribution >= 0.6 is 15.9 Å². The Morgan fingerprint density at radius 1 is 1.38 bits per heavy atom. The third-order valence-electron chi connectivity index (χ3n) is 3.46. The molecule has 1 unspecified atom stereocenters. The standard InChI is InChI=1S/C14H19BrN2O3S/c1-11-8-16-6-7-17(11)14(18)10-21(19,20)9-12-2-4-13(15)5-3-12/h2-5,11,16H,6-10H2,1H3. The van der Waals surface area contributed by atoms with E-state index < -0.39 is 15.6 Å². The molecule has 1 aromatic carbocycles. The third kappa shape index (κ3) is 4.79. The van der Waals surface area contributed by atoms with Gasteiger partial charge in [-0.2, -0.15) is 0 Å². The van der Waals surface area contributed by atoms with Crippen molar-refractivity contribution in [3.05, 3.63) is 34.3 Å². The number of halogens is 1. The second kappa shape index (κ2) is 6.89. The Bertz CT molecular complexity index is 601. The van der Waals surface area contributed by atoms with Gasteiger partial charge in [0.05, 0.1) is 5.75 Å². The van der Waals surface area contributed by atoms with Crippen LogP contribution in [0.3, 0.4) is 0 Å². The van der Waals surface area contributed by atoms with Gasteiger partial charge in [0.2, 0.25) is 5.91 Å². The molecule has 0 radical (unpaired) electrons. The Labute approximate surface area is 133 Å². The van der Waals surface area contributed by atoms with E-state index in [-0.39, 0.29) is 17.7 Å². The van der Waals surface area contributed by atoms with Crippen LogP contribution in [0, 0.1) is 0 Å². The molecular weight excluding hydrogens is 356 g/mol. The van der Waals surface area contributed by atoms with Gasteiger partial charge in [-0.1, -0.05) is 28.1 Å². The number of benzene rings is 1. The summed E-state index contributed by atoms with van der Waals surface area (Å²) in [7, 11) is -3.45. The van der Waals surface area contributed by atoms with Crippen LogP contribution in [-0.4, -0.2) is 50.7 Å².